The lowest BCUT2D eigenvalue weighted by molar-refractivity contribution is -0.487. The summed E-state index contributed by atoms with van der Waals surface area (Å²) in [6, 6.07) is 0. The quantitative estimate of drug-likeness (QED) is 0.379. The molecule has 6 heavy (non-hydrogen) atoms. The Labute approximate surface area is 33.4 Å². The molecule has 1 heterocycles. The minimum Gasteiger partial charge on any atom is -0.758 e. The smallest absolute Gasteiger partial charge is 0.151 e. The van der Waals surface area contributed by atoms with E-state index in [0.29, 0.717) is 0 Å². The van der Waals surface area contributed by atoms with E-state index in [1.807, 2.05) is 0 Å². The fraction of sp³-hybridized carbons (Fsp3) is 1.00. The van der Waals surface area contributed by atoms with Crippen molar-refractivity contribution < 1.29 is 14.9 Å². The van der Waals surface area contributed by atoms with Crippen LogP contribution in [0.3, 0.4) is 0 Å². The van der Waals surface area contributed by atoms with Crippen molar-refractivity contribution in [1.82, 2.24) is 5.23 Å². The predicted octanol–water partition coefficient (Wildman–Crippen LogP) is -0.448. The summed E-state index contributed by atoms with van der Waals surface area (Å²) in [5, 5.41) is 13.5. The van der Waals surface area contributed by atoms with Gasteiger partial charge < -0.3 is 5.21 Å². The Balaban J connectivity index is 2.18. The largest absolute Gasteiger partial charge is 0.758 e. The maximum Gasteiger partial charge on any atom is 0.151 e. The Bertz CT molecular complexity index is 40.8. The third-order valence-corrected chi connectivity index (χ3v) is 0.320. The minimum atomic E-state index is -0.181. The van der Waals surface area contributed by atoms with Gasteiger partial charge in [-0.05, 0) is 5.04 Å². The Kier molecular flexibility index (Phi) is 0.992. The van der Waals surface area contributed by atoms with Crippen molar-refractivity contribution in [2.24, 2.45) is 0 Å². The van der Waals surface area contributed by atoms with Gasteiger partial charge in [-0.2, -0.15) is 10.1 Å². The molecule has 0 N–H and O–H groups in total. The Morgan fingerprint density at radius 1 is 1.67 bits per heavy atom. The van der Waals surface area contributed by atoms with Crippen LogP contribution >= 0.6 is 0 Å². The van der Waals surface area contributed by atoms with Gasteiger partial charge in [-0.1, -0.05) is 0 Å². The molecule has 0 unspecified atom stereocenters. The molecule has 0 atom stereocenters. The summed E-state index contributed by atoms with van der Waals surface area (Å²) in [4.78, 5) is 7.66. The third-order valence-electron chi connectivity index (χ3n) is 0.320. The molecule has 1 saturated heterocycles. The number of hydrogen-bond donors (Lipinski definition) is 0. The van der Waals surface area contributed by atoms with Gasteiger partial charge in [0.2, 0.25) is 0 Å². The first kappa shape index (κ1) is 3.97. The molecule has 0 radical (unpaired) electrons. The molecular formula is CH2NO4-. The van der Waals surface area contributed by atoms with Crippen molar-refractivity contribution in [3.05, 3.63) is 5.21 Å². The van der Waals surface area contributed by atoms with Crippen LogP contribution in [-0.4, -0.2) is 12.0 Å². The highest BCUT2D eigenvalue weighted by atomic mass is 17.6. The monoisotopic (exact) mass is 92.0 g/mol. The maximum absolute atomic E-state index is 9.69. The number of nitrogens with zero attached hydrogens (tertiary/aromatic N) is 1. The molecule has 0 aromatic carbocycles. The maximum atomic E-state index is 9.69. The fourth-order valence-electron chi connectivity index (χ4n) is 0.142. The van der Waals surface area contributed by atoms with E-state index in [4.69, 9.17) is 0 Å². The van der Waals surface area contributed by atoms with Crippen molar-refractivity contribution >= 4 is 0 Å². The molecule has 1 fully saturated rings. The van der Waals surface area contributed by atoms with Crippen LogP contribution in [0.25, 0.3) is 0 Å². The van der Waals surface area contributed by atoms with E-state index < -0.39 is 0 Å². The van der Waals surface area contributed by atoms with Gasteiger partial charge in [0.25, 0.3) is 0 Å². The summed E-state index contributed by atoms with van der Waals surface area (Å²) in [6.07, 6.45) is 0. The lowest BCUT2D eigenvalue weighted by Crippen LogP contribution is -2.06. The van der Waals surface area contributed by atoms with Crippen molar-refractivity contribution in [3.63, 3.8) is 0 Å². The first-order valence-electron chi connectivity index (χ1n) is 1.30. The first-order chi connectivity index (χ1) is 2.89. The molecule has 0 aromatic heterocycles. The van der Waals surface area contributed by atoms with Gasteiger partial charge in [0.1, 0.15) is 0 Å². The van der Waals surface area contributed by atoms with Gasteiger partial charge in [0.15, 0.2) is 6.73 Å². The van der Waals surface area contributed by atoms with E-state index in [9.17, 15) is 5.21 Å². The summed E-state index contributed by atoms with van der Waals surface area (Å²) < 4.78 is 0. The van der Waals surface area contributed by atoms with E-state index in [1.54, 1.807) is 0 Å². The molecular weight excluding hydrogens is 90.0 g/mol. The molecule has 0 amide bonds. The molecule has 5 heteroatoms. The Hall–Kier alpha value is -0.200. The highest BCUT2D eigenvalue weighted by molar-refractivity contribution is 4.26. The fourth-order valence-corrected chi connectivity index (χ4v) is 0.142. The zero-order chi connectivity index (χ0) is 4.41. The van der Waals surface area contributed by atoms with E-state index >= 15 is 0 Å². The second-order valence-corrected chi connectivity index (χ2v) is 0.722. The summed E-state index contributed by atoms with van der Waals surface area (Å²) in [5.74, 6) is 0. The lowest BCUT2D eigenvalue weighted by atomic mass is 11.3. The molecule has 0 bridgehead atoms. The predicted molar refractivity (Wildman–Crippen MR) is 13.3 cm³/mol. The van der Waals surface area contributed by atoms with Gasteiger partial charge in [0.05, 0.1) is 0 Å². The molecule has 36 valence electrons. The minimum absolute atomic E-state index is 0.167. The summed E-state index contributed by atoms with van der Waals surface area (Å²) in [5.41, 5.74) is 0. The van der Waals surface area contributed by atoms with Crippen molar-refractivity contribution in [2.75, 3.05) is 6.73 Å². The average Bonchev–Trinajstić information content (AvgIpc) is 1.86. The van der Waals surface area contributed by atoms with Crippen molar-refractivity contribution in [1.29, 1.82) is 0 Å². The van der Waals surface area contributed by atoms with Gasteiger partial charge in [0, 0.05) is 0 Å². The summed E-state index contributed by atoms with van der Waals surface area (Å²) in [6.45, 7) is -0.181. The lowest BCUT2D eigenvalue weighted by Gasteiger charge is -2.09. The van der Waals surface area contributed by atoms with Crippen molar-refractivity contribution in [3.8, 4) is 0 Å². The molecule has 0 aliphatic carbocycles. The topological polar surface area (TPSA) is 54.0 Å². The zero-order valence-electron chi connectivity index (χ0n) is 2.79. The average molecular weight is 92.0 g/mol. The second-order valence-electron chi connectivity index (χ2n) is 0.722. The Morgan fingerprint density at radius 2 is 2.50 bits per heavy atom. The van der Waals surface area contributed by atoms with Crippen molar-refractivity contribution in [2.45, 2.75) is 0 Å². The van der Waals surface area contributed by atoms with E-state index in [2.05, 4.69) is 14.9 Å². The normalized spacial score (nSPS) is 25.5. The molecule has 0 aromatic rings. The van der Waals surface area contributed by atoms with Gasteiger partial charge in [-0.25, -0.2) is 0 Å². The van der Waals surface area contributed by atoms with E-state index in [0.717, 1.165) is 0 Å². The summed E-state index contributed by atoms with van der Waals surface area (Å²) >= 11 is 0. The van der Waals surface area contributed by atoms with Crippen LogP contribution in [0.5, 0.6) is 0 Å². The van der Waals surface area contributed by atoms with Crippen LogP contribution < -0.4 is 0 Å². The number of hydroxylamine groups is 2. The van der Waals surface area contributed by atoms with Crippen LogP contribution in [0.1, 0.15) is 0 Å². The molecule has 1 aliphatic rings. The molecule has 5 nitrogen and oxygen atoms in total. The van der Waals surface area contributed by atoms with Gasteiger partial charge in [-0.15, -0.1) is 4.99 Å². The van der Waals surface area contributed by atoms with E-state index in [1.165, 1.54) is 0 Å². The highest BCUT2D eigenvalue weighted by Gasteiger charge is 2.01. The first-order valence-corrected chi connectivity index (χ1v) is 1.30. The number of rotatable bonds is 0. The van der Waals surface area contributed by atoms with Gasteiger partial charge in [-0.3, -0.25) is 0 Å². The van der Waals surface area contributed by atoms with E-state index in [-0.39, 0.29) is 12.0 Å². The van der Waals surface area contributed by atoms with Crippen LogP contribution in [0.4, 0.5) is 0 Å². The second kappa shape index (κ2) is 1.50. The Morgan fingerprint density at radius 3 is 2.67 bits per heavy atom. The number of hydrogen-bond acceptors (Lipinski definition) is 5. The van der Waals surface area contributed by atoms with Crippen LogP contribution in [0, 0.1) is 5.21 Å². The van der Waals surface area contributed by atoms with Crippen LogP contribution in [0.15, 0.2) is 0 Å². The molecule has 1 aliphatic heterocycles. The third kappa shape index (κ3) is 0.644. The molecule has 1 rings (SSSR count). The van der Waals surface area contributed by atoms with Crippen LogP contribution in [0.2, 0.25) is 0 Å². The molecule has 0 spiro atoms. The zero-order valence-corrected chi connectivity index (χ0v) is 2.79. The summed E-state index contributed by atoms with van der Waals surface area (Å²) in [7, 11) is 0. The van der Waals surface area contributed by atoms with Gasteiger partial charge >= 0.3 is 0 Å². The highest BCUT2D eigenvalue weighted by Crippen LogP contribution is 1.97. The van der Waals surface area contributed by atoms with Crippen LogP contribution in [-0.2, 0) is 14.9 Å². The SMILES string of the molecule is [O-]N1COOO1. The molecule has 0 saturated carbocycles. The standard InChI is InChI=1S/CH2NO4/c3-2-1-4-6-5-2/h1H2/q-1.